The number of Topliss-reactive ketones (excluding diaryl/α,β-unsaturated/α-hetero) is 2. The van der Waals surface area contributed by atoms with Crippen LogP contribution in [0.2, 0.25) is 0 Å². The highest BCUT2D eigenvalue weighted by molar-refractivity contribution is 7.96. The van der Waals surface area contributed by atoms with Crippen LogP contribution in [0.1, 0.15) is 78.4 Å². The average molecular weight is 592 g/mol. The quantitative estimate of drug-likeness (QED) is 0.259. The van der Waals surface area contributed by atoms with Crippen molar-refractivity contribution in [2.45, 2.75) is 79.8 Å². The topological polar surface area (TPSA) is 110 Å². The summed E-state index contributed by atoms with van der Waals surface area (Å²) in [6.07, 6.45) is 11.1. The summed E-state index contributed by atoms with van der Waals surface area (Å²) < 4.78 is 32.3. The van der Waals surface area contributed by atoms with Gasteiger partial charge >= 0.3 is 0 Å². The van der Waals surface area contributed by atoms with Gasteiger partial charge < -0.3 is 15.2 Å². The number of ketones is 2. The van der Waals surface area contributed by atoms with Crippen molar-refractivity contribution in [3.63, 3.8) is 0 Å². The molecule has 42 heavy (non-hydrogen) atoms. The SMILES string of the molecule is CC(C)=CCC/C(C)=C/Cc1cc2c(cc1O)C1=C(C(=O)C3=C(NCCS3(=O)=O)C1=O)C(/C=C(\C)CCC=C(C)C)O2. The molecular weight excluding hydrogens is 550 g/mol. The first-order chi connectivity index (χ1) is 19.8. The molecule has 224 valence electrons. The Morgan fingerprint density at radius 2 is 1.60 bits per heavy atom. The van der Waals surface area contributed by atoms with Gasteiger partial charge in [-0.15, -0.1) is 0 Å². The first-order valence-electron chi connectivity index (χ1n) is 14.5. The van der Waals surface area contributed by atoms with E-state index in [-0.39, 0.29) is 40.5 Å². The van der Waals surface area contributed by atoms with Crippen LogP contribution in [0, 0.1) is 0 Å². The zero-order valence-corrected chi connectivity index (χ0v) is 26.2. The zero-order valence-electron chi connectivity index (χ0n) is 25.4. The highest BCUT2D eigenvalue weighted by Gasteiger charge is 2.47. The Morgan fingerprint density at radius 3 is 2.24 bits per heavy atom. The van der Waals surface area contributed by atoms with Crippen molar-refractivity contribution in [1.82, 2.24) is 5.32 Å². The van der Waals surface area contributed by atoms with E-state index in [9.17, 15) is 23.1 Å². The number of fused-ring (bicyclic) bond motifs is 2. The number of carbonyl (C=O) groups is 2. The van der Waals surface area contributed by atoms with Crippen molar-refractivity contribution in [2.75, 3.05) is 12.3 Å². The highest BCUT2D eigenvalue weighted by atomic mass is 32.2. The lowest BCUT2D eigenvalue weighted by Gasteiger charge is -2.34. The summed E-state index contributed by atoms with van der Waals surface area (Å²) in [5, 5.41) is 13.8. The summed E-state index contributed by atoms with van der Waals surface area (Å²) in [6.45, 7) is 12.2. The first-order valence-corrected chi connectivity index (χ1v) is 16.1. The van der Waals surface area contributed by atoms with E-state index in [2.05, 4.69) is 44.3 Å². The molecule has 0 saturated heterocycles. The number of phenols is 1. The summed E-state index contributed by atoms with van der Waals surface area (Å²) >= 11 is 0. The fraction of sp³-hybridized carbons (Fsp3) is 0.412. The number of allylic oxidation sites excluding steroid dienone is 9. The number of sulfone groups is 1. The highest BCUT2D eigenvalue weighted by Crippen LogP contribution is 2.45. The van der Waals surface area contributed by atoms with Crippen LogP contribution in [-0.4, -0.2) is 43.5 Å². The molecule has 4 rings (SSSR count). The molecular formula is C34H41NO6S. The summed E-state index contributed by atoms with van der Waals surface area (Å²) in [7, 11) is -3.94. The molecule has 3 aliphatic rings. The van der Waals surface area contributed by atoms with Gasteiger partial charge in [-0.3, -0.25) is 9.59 Å². The van der Waals surface area contributed by atoms with Crippen LogP contribution in [0.5, 0.6) is 11.5 Å². The van der Waals surface area contributed by atoms with Gasteiger partial charge in [-0.1, -0.05) is 40.5 Å². The van der Waals surface area contributed by atoms with Crippen molar-refractivity contribution in [3.05, 3.63) is 86.0 Å². The Hall–Kier alpha value is -3.65. The van der Waals surface area contributed by atoms with E-state index in [0.717, 1.165) is 24.8 Å². The average Bonchev–Trinajstić information content (AvgIpc) is 2.89. The Labute approximate surface area is 249 Å². The summed E-state index contributed by atoms with van der Waals surface area (Å²) in [6, 6.07) is 3.18. The fourth-order valence-electron chi connectivity index (χ4n) is 5.39. The number of hydrogen-bond acceptors (Lipinski definition) is 7. The molecule has 2 N–H and O–H groups in total. The van der Waals surface area contributed by atoms with E-state index in [4.69, 9.17) is 4.74 Å². The van der Waals surface area contributed by atoms with Gasteiger partial charge in [-0.25, -0.2) is 8.42 Å². The van der Waals surface area contributed by atoms with Gasteiger partial charge in [0.15, 0.2) is 9.84 Å². The third kappa shape index (κ3) is 6.70. The molecule has 1 aliphatic carbocycles. The number of carbonyl (C=O) groups excluding carboxylic acids is 2. The molecule has 8 heteroatoms. The van der Waals surface area contributed by atoms with Gasteiger partial charge in [-0.05, 0) is 91.9 Å². The summed E-state index contributed by atoms with van der Waals surface area (Å²) in [5.74, 6) is -1.21. The van der Waals surface area contributed by atoms with Gasteiger partial charge in [-0.2, -0.15) is 0 Å². The second-order valence-electron chi connectivity index (χ2n) is 11.8. The molecule has 2 aliphatic heterocycles. The molecule has 0 fully saturated rings. The predicted octanol–water partition coefficient (Wildman–Crippen LogP) is 6.22. The van der Waals surface area contributed by atoms with Crippen molar-refractivity contribution in [3.8, 4) is 11.5 Å². The summed E-state index contributed by atoms with van der Waals surface area (Å²) in [5.41, 5.74) is 5.43. The number of aromatic hydroxyl groups is 1. The molecule has 1 aromatic rings. The van der Waals surface area contributed by atoms with E-state index in [0.29, 0.717) is 24.2 Å². The van der Waals surface area contributed by atoms with Crippen LogP contribution in [0.15, 0.2) is 74.9 Å². The van der Waals surface area contributed by atoms with Crippen LogP contribution in [0.25, 0.3) is 5.57 Å². The van der Waals surface area contributed by atoms with E-state index >= 15 is 0 Å². The van der Waals surface area contributed by atoms with E-state index in [1.165, 1.54) is 22.8 Å². The molecule has 0 aromatic heterocycles. The maximum atomic E-state index is 13.9. The van der Waals surface area contributed by atoms with Crippen LogP contribution in [0.4, 0.5) is 0 Å². The van der Waals surface area contributed by atoms with Crippen LogP contribution in [-0.2, 0) is 25.8 Å². The largest absolute Gasteiger partial charge is 0.508 e. The number of nitrogens with one attached hydrogen (secondary N) is 1. The lowest BCUT2D eigenvalue weighted by molar-refractivity contribution is -0.115. The minimum absolute atomic E-state index is 0.00208. The van der Waals surface area contributed by atoms with E-state index < -0.39 is 32.4 Å². The maximum Gasteiger partial charge on any atom is 0.211 e. The van der Waals surface area contributed by atoms with Gasteiger partial charge in [0.05, 0.1) is 11.3 Å². The number of hydrogen-bond donors (Lipinski definition) is 2. The fourth-order valence-corrected chi connectivity index (χ4v) is 6.84. The van der Waals surface area contributed by atoms with Crippen LogP contribution in [0.3, 0.4) is 0 Å². The molecule has 0 amide bonds. The number of rotatable bonds is 9. The molecule has 0 spiro atoms. The normalized spacial score (nSPS) is 19.8. The van der Waals surface area contributed by atoms with Crippen LogP contribution >= 0.6 is 0 Å². The van der Waals surface area contributed by atoms with E-state index in [1.54, 1.807) is 12.1 Å². The molecule has 2 heterocycles. The minimum atomic E-state index is -3.94. The number of benzene rings is 1. The number of ether oxygens (including phenoxy) is 1. The Balaban J connectivity index is 1.77. The molecule has 1 unspecified atom stereocenters. The molecule has 0 radical (unpaired) electrons. The first kappa shape index (κ1) is 31.3. The third-order valence-corrected chi connectivity index (χ3v) is 9.42. The van der Waals surface area contributed by atoms with Gasteiger partial charge in [0.1, 0.15) is 28.2 Å². The third-order valence-electron chi connectivity index (χ3n) is 7.66. The molecule has 0 bridgehead atoms. The van der Waals surface area contributed by atoms with Crippen molar-refractivity contribution in [1.29, 1.82) is 0 Å². The number of phenolic OH excluding ortho intramolecular Hbond substituents is 1. The predicted molar refractivity (Wildman–Crippen MR) is 167 cm³/mol. The molecule has 0 saturated carbocycles. The van der Waals surface area contributed by atoms with Crippen LogP contribution < -0.4 is 10.1 Å². The minimum Gasteiger partial charge on any atom is -0.508 e. The molecule has 7 nitrogen and oxygen atoms in total. The molecule has 1 aromatic carbocycles. The molecule has 1 atom stereocenters. The van der Waals surface area contributed by atoms with Crippen molar-refractivity contribution < 1.29 is 27.9 Å². The van der Waals surface area contributed by atoms with Crippen molar-refractivity contribution in [2.24, 2.45) is 0 Å². The van der Waals surface area contributed by atoms with Crippen molar-refractivity contribution >= 4 is 27.0 Å². The smallest absolute Gasteiger partial charge is 0.211 e. The lowest BCUT2D eigenvalue weighted by Crippen LogP contribution is -2.44. The Morgan fingerprint density at radius 1 is 0.952 bits per heavy atom. The second-order valence-corrected chi connectivity index (χ2v) is 13.9. The second kappa shape index (κ2) is 12.7. The zero-order chi connectivity index (χ0) is 30.8. The maximum absolute atomic E-state index is 13.9. The Kier molecular flexibility index (Phi) is 9.46. The summed E-state index contributed by atoms with van der Waals surface area (Å²) in [4.78, 5) is 27.2. The van der Waals surface area contributed by atoms with Gasteiger partial charge in [0, 0.05) is 23.2 Å². The Bertz CT molecular complexity index is 1610. The lowest BCUT2D eigenvalue weighted by atomic mass is 9.81. The van der Waals surface area contributed by atoms with Gasteiger partial charge in [0.2, 0.25) is 11.6 Å². The van der Waals surface area contributed by atoms with Gasteiger partial charge in [0.25, 0.3) is 0 Å². The standard InChI is InChI=1S/C34H41NO6S/c1-20(2)9-7-11-22(5)13-14-24-18-27-25(19-26(24)36)29-30(28(41-27)17-23(6)12-8-10-21(3)4)33(38)34-31(32(29)37)35-15-16-42(34,39)40/h9-10,13,17-19,28,35-36H,7-8,11-12,14-16H2,1-6H3/b22-13+,23-17+. The van der Waals surface area contributed by atoms with E-state index in [1.807, 2.05) is 20.8 Å². The monoisotopic (exact) mass is 591 g/mol.